The van der Waals surface area contributed by atoms with Gasteiger partial charge in [0.2, 0.25) is 5.91 Å². The number of anilines is 1. The molecule has 1 aliphatic heterocycles. The summed E-state index contributed by atoms with van der Waals surface area (Å²) in [6.07, 6.45) is 1.23. The molecule has 7 nitrogen and oxygen atoms in total. The van der Waals surface area contributed by atoms with Gasteiger partial charge < -0.3 is 5.32 Å². The first-order chi connectivity index (χ1) is 15.3. The zero-order valence-electron chi connectivity index (χ0n) is 17.2. The highest BCUT2D eigenvalue weighted by atomic mass is 32.2. The van der Waals surface area contributed by atoms with Crippen molar-refractivity contribution in [3.05, 3.63) is 95.6 Å². The van der Waals surface area contributed by atoms with Gasteiger partial charge in [-0.05, 0) is 42.0 Å². The summed E-state index contributed by atoms with van der Waals surface area (Å²) in [5.74, 6) is -1.58. The Bertz CT molecular complexity index is 1270. The summed E-state index contributed by atoms with van der Waals surface area (Å²) in [4.78, 5) is 40.4. The Morgan fingerprint density at radius 1 is 0.844 bits per heavy atom. The van der Waals surface area contributed by atoms with Gasteiger partial charge in [-0.2, -0.15) is 0 Å². The molecular weight excluding hydrogens is 428 g/mol. The number of nitrogens with one attached hydrogen (secondary N) is 1. The first kappa shape index (κ1) is 21.5. The van der Waals surface area contributed by atoms with Crippen molar-refractivity contribution in [3.63, 3.8) is 0 Å². The maximum atomic E-state index is 13.3. The Labute approximate surface area is 185 Å². The van der Waals surface area contributed by atoms with E-state index >= 15 is 0 Å². The molecule has 32 heavy (non-hydrogen) atoms. The summed E-state index contributed by atoms with van der Waals surface area (Å²) in [5.41, 5.74) is 1.68. The second-order valence-electron chi connectivity index (χ2n) is 7.52. The zero-order valence-corrected chi connectivity index (χ0v) is 18.0. The molecule has 3 amide bonds. The highest BCUT2D eigenvalue weighted by molar-refractivity contribution is 7.90. The summed E-state index contributed by atoms with van der Waals surface area (Å²) in [5, 5.41) is 2.71. The van der Waals surface area contributed by atoms with Gasteiger partial charge in [0.05, 0.1) is 16.0 Å². The summed E-state index contributed by atoms with van der Waals surface area (Å²) in [6, 6.07) is 20.2. The van der Waals surface area contributed by atoms with Crippen LogP contribution in [0.1, 0.15) is 26.3 Å². The lowest BCUT2D eigenvalue weighted by Crippen LogP contribution is -2.48. The highest BCUT2D eigenvalue weighted by Gasteiger charge is 2.42. The average molecular weight is 449 g/mol. The summed E-state index contributed by atoms with van der Waals surface area (Å²) >= 11 is 0. The van der Waals surface area contributed by atoms with Gasteiger partial charge in [0, 0.05) is 18.4 Å². The van der Waals surface area contributed by atoms with Crippen molar-refractivity contribution in [2.45, 2.75) is 17.4 Å². The zero-order chi connectivity index (χ0) is 22.9. The largest absolute Gasteiger partial charge is 0.324 e. The van der Waals surface area contributed by atoms with Gasteiger partial charge in [-0.1, -0.05) is 42.5 Å². The number of benzene rings is 3. The highest BCUT2D eigenvalue weighted by Crippen LogP contribution is 2.27. The van der Waals surface area contributed by atoms with E-state index in [1.165, 1.54) is 24.3 Å². The molecule has 0 bridgehead atoms. The summed E-state index contributed by atoms with van der Waals surface area (Å²) < 4.78 is 23.3. The van der Waals surface area contributed by atoms with Crippen molar-refractivity contribution in [1.82, 2.24) is 4.90 Å². The fourth-order valence-electron chi connectivity index (χ4n) is 3.64. The first-order valence-corrected chi connectivity index (χ1v) is 11.8. The molecule has 0 aromatic heterocycles. The van der Waals surface area contributed by atoms with Crippen LogP contribution < -0.4 is 5.32 Å². The van der Waals surface area contributed by atoms with E-state index in [-0.39, 0.29) is 22.4 Å². The van der Waals surface area contributed by atoms with Crippen LogP contribution in [0.15, 0.2) is 83.8 Å². The molecular formula is C24H20N2O5S. The molecule has 0 fully saturated rings. The second-order valence-corrected chi connectivity index (χ2v) is 9.53. The number of amides is 3. The van der Waals surface area contributed by atoms with Crippen molar-refractivity contribution in [2.75, 3.05) is 11.6 Å². The van der Waals surface area contributed by atoms with E-state index in [0.29, 0.717) is 5.69 Å². The Kier molecular flexibility index (Phi) is 5.63. The van der Waals surface area contributed by atoms with Gasteiger partial charge >= 0.3 is 0 Å². The third-order valence-electron chi connectivity index (χ3n) is 5.26. The molecule has 0 spiro atoms. The first-order valence-electron chi connectivity index (χ1n) is 9.87. The Balaban J connectivity index is 1.65. The molecule has 4 rings (SSSR count). The molecule has 1 heterocycles. The van der Waals surface area contributed by atoms with Crippen LogP contribution in [-0.4, -0.2) is 43.3 Å². The predicted octanol–water partition coefficient (Wildman–Crippen LogP) is 2.94. The van der Waals surface area contributed by atoms with Gasteiger partial charge in [0.15, 0.2) is 9.84 Å². The van der Waals surface area contributed by atoms with E-state index in [4.69, 9.17) is 0 Å². The van der Waals surface area contributed by atoms with Gasteiger partial charge in [0.25, 0.3) is 11.8 Å². The number of rotatable bonds is 6. The van der Waals surface area contributed by atoms with E-state index in [0.717, 1.165) is 16.7 Å². The van der Waals surface area contributed by atoms with Crippen LogP contribution in [0.4, 0.5) is 5.69 Å². The third-order valence-corrected chi connectivity index (χ3v) is 6.39. The lowest BCUT2D eigenvalue weighted by molar-refractivity contribution is -0.119. The van der Waals surface area contributed by atoms with Crippen molar-refractivity contribution in [1.29, 1.82) is 0 Å². The van der Waals surface area contributed by atoms with Gasteiger partial charge in [-0.25, -0.2) is 8.42 Å². The number of nitrogens with zero attached hydrogens (tertiary/aromatic N) is 1. The summed E-state index contributed by atoms with van der Waals surface area (Å²) in [7, 11) is -3.37. The standard InChI is InChI=1S/C24H20N2O5S/c1-32(30,31)18-13-11-17(12-14-18)25-22(27)21(15-16-7-3-2-4-8-16)26-23(28)19-9-5-6-10-20(19)24(26)29/h2-14,21H,15H2,1H3,(H,25,27)/t21-/m1/s1. The Morgan fingerprint density at radius 2 is 1.38 bits per heavy atom. The predicted molar refractivity (Wildman–Crippen MR) is 119 cm³/mol. The van der Waals surface area contributed by atoms with Crippen molar-refractivity contribution in [3.8, 4) is 0 Å². The number of imide groups is 1. The van der Waals surface area contributed by atoms with Gasteiger partial charge in [0.1, 0.15) is 6.04 Å². The van der Waals surface area contributed by atoms with Crippen LogP contribution in [-0.2, 0) is 21.1 Å². The lowest BCUT2D eigenvalue weighted by Gasteiger charge is -2.25. The topological polar surface area (TPSA) is 101 Å². The molecule has 0 saturated heterocycles. The molecule has 0 aliphatic carbocycles. The molecule has 3 aromatic rings. The molecule has 0 radical (unpaired) electrons. The van der Waals surface area contributed by atoms with Crippen molar-refractivity contribution in [2.24, 2.45) is 0 Å². The number of carbonyl (C=O) groups is 3. The number of carbonyl (C=O) groups excluding carboxylic acids is 3. The molecule has 1 atom stereocenters. The number of sulfone groups is 1. The second kappa shape index (κ2) is 8.39. The number of fused-ring (bicyclic) bond motifs is 1. The Morgan fingerprint density at radius 3 is 1.91 bits per heavy atom. The molecule has 1 N–H and O–H groups in total. The van der Waals surface area contributed by atoms with E-state index < -0.39 is 33.6 Å². The SMILES string of the molecule is CS(=O)(=O)c1ccc(NC(=O)[C@@H](Cc2ccccc2)N2C(=O)c3ccccc3C2=O)cc1. The summed E-state index contributed by atoms with van der Waals surface area (Å²) in [6.45, 7) is 0. The van der Waals surface area contributed by atoms with Crippen LogP contribution in [0.2, 0.25) is 0 Å². The van der Waals surface area contributed by atoms with Crippen LogP contribution >= 0.6 is 0 Å². The quantitative estimate of drug-likeness (QED) is 0.585. The molecule has 1 aliphatic rings. The minimum Gasteiger partial charge on any atom is -0.324 e. The van der Waals surface area contributed by atoms with E-state index in [9.17, 15) is 22.8 Å². The van der Waals surface area contributed by atoms with Crippen LogP contribution in [0, 0.1) is 0 Å². The molecule has 3 aromatic carbocycles. The maximum Gasteiger partial charge on any atom is 0.262 e. The van der Waals surface area contributed by atoms with Crippen LogP contribution in [0.3, 0.4) is 0 Å². The van der Waals surface area contributed by atoms with E-state index in [1.807, 2.05) is 30.3 Å². The van der Waals surface area contributed by atoms with Crippen molar-refractivity contribution >= 4 is 33.2 Å². The minimum absolute atomic E-state index is 0.122. The molecule has 0 saturated carbocycles. The lowest BCUT2D eigenvalue weighted by atomic mass is 10.0. The smallest absolute Gasteiger partial charge is 0.262 e. The minimum atomic E-state index is -3.37. The van der Waals surface area contributed by atoms with E-state index in [2.05, 4.69) is 5.32 Å². The Hall–Kier alpha value is -3.78. The molecule has 8 heteroatoms. The van der Waals surface area contributed by atoms with Crippen LogP contribution in [0.5, 0.6) is 0 Å². The monoisotopic (exact) mass is 448 g/mol. The average Bonchev–Trinajstić information content (AvgIpc) is 3.03. The van der Waals surface area contributed by atoms with Crippen molar-refractivity contribution < 1.29 is 22.8 Å². The van der Waals surface area contributed by atoms with E-state index in [1.54, 1.807) is 24.3 Å². The molecule has 162 valence electrons. The van der Waals surface area contributed by atoms with Gasteiger partial charge in [-0.15, -0.1) is 0 Å². The molecule has 0 unspecified atom stereocenters. The third kappa shape index (κ3) is 4.17. The number of hydrogen-bond acceptors (Lipinski definition) is 5. The normalized spacial score (nSPS) is 14.2. The fourth-order valence-corrected chi connectivity index (χ4v) is 4.27. The van der Waals surface area contributed by atoms with Gasteiger partial charge in [-0.3, -0.25) is 19.3 Å². The van der Waals surface area contributed by atoms with Crippen LogP contribution in [0.25, 0.3) is 0 Å². The fraction of sp³-hybridized carbons (Fsp3) is 0.125. The maximum absolute atomic E-state index is 13.3. The number of hydrogen-bond donors (Lipinski definition) is 1.